The number of hydrogen-bond donors (Lipinski definition) is 1. The molecule has 1 saturated heterocycles. The van der Waals surface area contributed by atoms with E-state index >= 15 is 0 Å². The average molecular weight is 345 g/mol. The predicted octanol–water partition coefficient (Wildman–Crippen LogP) is 2.06. The zero-order valence-electron chi connectivity index (χ0n) is 15.5. The summed E-state index contributed by atoms with van der Waals surface area (Å²) in [5.74, 6) is -0.261. The number of hydrogen-bond acceptors (Lipinski definition) is 3. The molecule has 0 unspecified atom stereocenters. The minimum Gasteiger partial charge on any atom is -0.355 e. The number of amides is 4. The Balaban J connectivity index is 1.78. The van der Waals surface area contributed by atoms with Gasteiger partial charge >= 0.3 is 6.03 Å². The van der Waals surface area contributed by atoms with Crippen LogP contribution in [0.25, 0.3) is 0 Å². The van der Waals surface area contributed by atoms with Gasteiger partial charge in [-0.05, 0) is 24.5 Å². The third kappa shape index (κ3) is 4.59. The lowest BCUT2D eigenvalue weighted by molar-refractivity contribution is -0.126. The summed E-state index contributed by atoms with van der Waals surface area (Å²) in [6, 6.07) is 7.88. The van der Waals surface area contributed by atoms with Gasteiger partial charge in [0.1, 0.15) is 6.54 Å². The Bertz CT molecular complexity index is 670. The van der Waals surface area contributed by atoms with Crippen LogP contribution in [0.1, 0.15) is 37.8 Å². The Morgan fingerprint density at radius 2 is 1.92 bits per heavy atom. The van der Waals surface area contributed by atoms with Crippen LogP contribution in [0.15, 0.2) is 24.3 Å². The second kappa shape index (κ2) is 7.68. The summed E-state index contributed by atoms with van der Waals surface area (Å²) in [6.45, 7) is 7.23. The van der Waals surface area contributed by atoms with Crippen LogP contribution >= 0.6 is 0 Å². The third-order valence-electron chi connectivity index (χ3n) is 4.62. The van der Waals surface area contributed by atoms with Crippen LogP contribution in [0.3, 0.4) is 0 Å². The number of aryl methyl sites for hydroxylation is 1. The van der Waals surface area contributed by atoms with Crippen LogP contribution in [0.5, 0.6) is 0 Å². The van der Waals surface area contributed by atoms with Gasteiger partial charge in [-0.25, -0.2) is 4.79 Å². The van der Waals surface area contributed by atoms with Gasteiger partial charge in [0.05, 0.1) is 0 Å². The number of rotatable bonds is 7. The van der Waals surface area contributed by atoms with Crippen molar-refractivity contribution in [3.8, 4) is 0 Å². The summed E-state index contributed by atoms with van der Waals surface area (Å²) in [4.78, 5) is 38.1. The minimum absolute atomic E-state index is 0.0610. The topological polar surface area (TPSA) is 69.7 Å². The van der Waals surface area contributed by atoms with Crippen LogP contribution in [0, 0.1) is 6.92 Å². The van der Waals surface area contributed by atoms with Crippen LogP contribution in [0.4, 0.5) is 4.79 Å². The fourth-order valence-corrected chi connectivity index (χ4v) is 3.12. The second-order valence-electron chi connectivity index (χ2n) is 7.26. The molecular formula is C19H27N3O3. The molecule has 136 valence electrons. The van der Waals surface area contributed by atoms with Gasteiger partial charge < -0.3 is 10.2 Å². The number of carbonyl (C=O) groups excluding carboxylic acids is 3. The lowest BCUT2D eigenvalue weighted by atomic mass is 9.82. The first kappa shape index (κ1) is 19.0. The lowest BCUT2D eigenvalue weighted by Gasteiger charge is -2.27. The van der Waals surface area contributed by atoms with E-state index in [1.165, 1.54) is 20.9 Å². The molecule has 0 aromatic heterocycles. The number of nitrogens with one attached hydrogen (secondary N) is 1. The Morgan fingerprint density at radius 3 is 2.52 bits per heavy atom. The standard InChI is InChI=1S/C19H27N3O3/c1-14-8-5-6-9-15(14)19(2,3)13-20-16(23)10-7-11-22-17(24)12-21(4)18(22)25/h5-6,8-9H,7,10-13H2,1-4H3,(H,20,23). The van der Waals surface area contributed by atoms with Crippen molar-refractivity contribution in [2.45, 2.75) is 39.0 Å². The highest BCUT2D eigenvalue weighted by molar-refractivity contribution is 6.01. The highest BCUT2D eigenvalue weighted by atomic mass is 16.2. The van der Waals surface area contributed by atoms with E-state index in [1.54, 1.807) is 7.05 Å². The molecule has 1 aliphatic heterocycles. The van der Waals surface area contributed by atoms with Crippen LogP contribution < -0.4 is 5.32 Å². The molecule has 2 rings (SSSR count). The predicted molar refractivity (Wildman–Crippen MR) is 96.2 cm³/mol. The third-order valence-corrected chi connectivity index (χ3v) is 4.62. The molecule has 0 saturated carbocycles. The van der Waals surface area contributed by atoms with E-state index in [1.807, 2.05) is 12.1 Å². The van der Waals surface area contributed by atoms with Crippen LogP contribution in [0.2, 0.25) is 0 Å². The Labute approximate surface area is 149 Å². The van der Waals surface area contributed by atoms with Crippen molar-refractivity contribution < 1.29 is 14.4 Å². The SMILES string of the molecule is Cc1ccccc1C(C)(C)CNC(=O)CCCN1C(=O)CN(C)C1=O. The van der Waals surface area contributed by atoms with E-state index in [9.17, 15) is 14.4 Å². The maximum atomic E-state index is 12.1. The molecule has 0 atom stereocenters. The van der Waals surface area contributed by atoms with E-state index < -0.39 is 0 Å². The van der Waals surface area contributed by atoms with Crippen molar-refractivity contribution in [3.63, 3.8) is 0 Å². The molecule has 0 radical (unpaired) electrons. The summed E-state index contributed by atoms with van der Waals surface area (Å²) in [5, 5.41) is 2.97. The fourth-order valence-electron chi connectivity index (χ4n) is 3.12. The smallest absolute Gasteiger partial charge is 0.326 e. The van der Waals surface area contributed by atoms with Gasteiger partial charge in [-0.2, -0.15) is 0 Å². The van der Waals surface area contributed by atoms with Gasteiger partial charge in [-0.3, -0.25) is 14.5 Å². The molecule has 1 aliphatic rings. The van der Waals surface area contributed by atoms with Gasteiger partial charge in [0.25, 0.3) is 0 Å². The molecule has 25 heavy (non-hydrogen) atoms. The summed E-state index contributed by atoms with van der Waals surface area (Å²) in [7, 11) is 1.60. The van der Waals surface area contributed by atoms with E-state index in [0.717, 1.165) is 0 Å². The zero-order chi connectivity index (χ0) is 18.6. The average Bonchev–Trinajstić information content (AvgIpc) is 2.79. The van der Waals surface area contributed by atoms with E-state index in [0.29, 0.717) is 19.4 Å². The van der Waals surface area contributed by atoms with Crippen molar-refractivity contribution in [1.29, 1.82) is 0 Å². The molecule has 0 aliphatic carbocycles. The number of likely N-dealkylation sites (N-methyl/N-ethyl adjacent to an activating group) is 1. The molecular weight excluding hydrogens is 318 g/mol. The summed E-state index contributed by atoms with van der Waals surface area (Å²) >= 11 is 0. The molecule has 6 heteroatoms. The van der Waals surface area contributed by atoms with Gasteiger partial charge in [-0.1, -0.05) is 38.1 Å². The van der Waals surface area contributed by atoms with Crippen molar-refractivity contribution in [2.24, 2.45) is 0 Å². The molecule has 0 spiro atoms. The first-order chi connectivity index (χ1) is 11.7. The monoisotopic (exact) mass is 345 g/mol. The molecule has 1 aromatic rings. The van der Waals surface area contributed by atoms with E-state index in [-0.39, 0.29) is 36.3 Å². The normalized spacial score (nSPS) is 15.0. The van der Waals surface area contributed by atoms with Gasteiger partial charge in [0.15, 0.2) is 0 Å². The van der Waals surface area contributed by atoms with E-state index in [2.05, 4.69) is 38.2 Å². The maximum Gasteiger partial charge on any atom is 0.326 e. The van der Waals surface area contributed by atoms with Crippen molar-refractivity contribution in [1.82, 2.24) is 15.1 Å². The summed E-state index contributed by atoms with van der Waals surface area (Å²) in [6.07, 6.45) is 0.770. The van der Waals surface area contributed by atoms with Crippen LogP contribution in [-0.2, 0) is 15.0 Å². The lowest BCUT2D eigenvalue weighted by Crippen LogP contribution is -2.37. The number of imide groups is 1. The number of benzene rings is 1. The second-order valence-corrected chi connectivity index (χ2v) is 7.26. The molecule has 6 nitrogen and oxygen atoms in total. The summed E-state index contributed by atoms with van der Waals surface area (Å²) in [5.41, 5.74) is 2.26. The van der Waals surface area contributed by atoms with Gasteiger partial charge in [-0.15, -0.1) is 0 Å². The fraction of sp³-hybridized carbons (Fsp3) is 0.526. The first-order valence-electron chi connectivity index (χ1n) is 8.60. The molecule has 1 N–H and O–H groups in total. The molecule has 1 aromatic carbocycles. The number of urea groups is 1. The molecule has 1 heterocycles. The Morgan fingerprint density at radius 1 is 1.24 bits per heavy atom. The quantitative estimate of drug-likeness (QED) is 0.769. The van der Waals surface area contributed by atoms with Crippen molar-refractivity contribution in [2.75, 3.05) is 26.7 Å². The first-order valence-corrected chi connectivity index (χ1v) is 8.60. The minimum atomic E-state index is -0.286. The zero-order valence-corrected chi connectivity index (χ0v) is 15.5. The Kier molecular flexibility index (Phi) is 5.82. The van der Waals surface area contributed by atoms with Crippen molar-refractivity contribution in [3.05, 3.63) is 35.4 Å². The highest BCUT2D eigenvalue weighted by Crippen LogP contribution is 2.25. The molecule has 4 amide bonds. The van der Waals surface area contributed by atoms with Crippen molar-refractivity contribution >= 4 is 17.8 Å². The summed E-state index contributed by atoms with van der Waals surface area (Å²) < 4.78 is 0. The maximum absolute atomic E-state index is 12.1. The van der Waals surface area contributed by atoms with E-state index in [4.69, 9.17) is 0 Å². The number of nitrogens with zero attached hydrogens (tertiary/aromatic N) is 2. The Hall–Kier alpha value is -2.37. The van der Waals surface area contributed by atoms with Gasteiger partial charge in [0, 0.05) is 32.0 Å². The molecule has 0 bridgehead atoms. The number of carbonyl (C=O) groups is 3. The largest absolute Gasteiger partial charge is 0.355 e. The molecule has 1 fully saturated rings. The van der Waals surface area contributed by atoms with Crippen LogP contribution in [-0.4, -0.2) is 54.3 Å². The van der Waals surface area contributed by atoms with Gasteiger partial charge in [0.2, 0.25) is 11.8 Å². The highest BCUT2D eigenvalue weighted by Gasteiger charge is 2.32.